The Labute approximate surface area is 148 Å². The SMILES string of the molecule is O=C(Nc1ccc2c(c1)OCCCO2)c1cc2c(Cl)cccc2s1. The van der Waals surface area contributed by atoms with Crippen molar-refractivity contribution in [1.29, 1.82) is 0 Å². The van der Waals surface area contributed by atoms with E-state index in [4.69, 9.17) is 21.1 Å². The average molecular weight is 360 g/mol. The van der Waals surface area contributed by atoms with E-state index in [0.29, 0.717) is 40.3 Å². The zero-order valence-electron chi connectivity index (χ0n) is 12.7. The predicted octanol–water partition coefficient (Wildman–Crippen LogP) is 4.97. The normalized spacial score (nSPS) is 13.5. The lowest BCUT2D eigenvalue weighted by Gasteiger charge is -2.09. The summed E-state index contributed by atoms with van der Waals surface area (Å²) in [4.78, 5) is 13.1. The molecule has 2 aromatic carbocycles. The summed E-state index contributed by atoms with van der Waals surface area (Å²) in [6.07, 6.45) is 0.846. The van der Waals surface area contributed by atoms with E-state index in [2.05, 4.69) is 5.32 Å². The molecule has 0 spiro atoms. The number of amides is 1. The predicted molar refractivity (Wildman–Crippen MR) is 96.8 cm³/mol. The Balaban J connectivity index is 1.59. The van der Waals surface area contributed by atoms with Crippen LogP contribution >= 0.6 is 22.9 Å². The highest BCUT2D eigenvalue weighted by molar-refractivity contribution is 7.21. The number of ether oxygens (including phenoxy) is 2. The molecule has 3 aromatic rings. The van der Waals surface area contributed by atoms with Crippen LogP contribution in [0.2, 0.25) is 5.02 Å². The maximum Gasteiger partial charge on any atom is 0.265 e. The van der Waals surface area contributed by atoms with Crippen molar-refractivity contribution in [2.75, 3.05) is 18.5 Å². The van der Waals surface area contributed by atoms with Crippen LogP contribution in [0.5, 0.6) is 11.5 Å². The summed E-state index contributed by atoms with van der Waals surface area (Å²) in [6, 6.07) is 12.9. The highest BCUT2D eigenvalue weighted by Crippen LogP contribution is 2.34. The molecule has 4 nitrogen and oxygen atoms in total. The number of anilines is 1. The standard InChI is InChI=1S/C18H14ClNO3S/c19-13-3-1-4-16-12(13)10-17(24-16)18(21)20-11-5-6-14-15(9-11)23-8-2-7-22-14/h1,3-6,9-10H,2,7-8H2,(H,20,21). The lowest BCUT2D eigenvalue weighted by Crippen LogP contribution is -2.10. The summed E-state index contributed by atoms with van der Waals surface area (Å²) in [5, 5.41) is 4.45. The van der Waals surface area contributed by atoms with Gasteiger partial charge in [-0.25, -0.2) is 0 Å². The molecule has 0 bridgehead atoms. The third-order valence-corrected chi connectivity index (χ3v) is 5.17. The molecule has 4 rings (SSSR count). The monoisotopic (exact) mass is 359 g/mol. The number of hydrogen-bond acceptors (Lipinski definition) is 4. The first-order valence-corrected chi connectivity index (χ1v) is 8.79. The number of hydrogen-bond donors (Lipinski definition) is 1. The molecule has 0 unspecified atom stereocenters. The summed E-state index contributed by atoms with van der Waals surface area (Å²) in [5.41, 5.74) is 0.674. The molecule has 1 amide bonds. The molecule has 0 fully saturated rings. The van der Waals surface area contributed by atoms with E-state index in [1.807, 2.05) is 36.4 Å². The van der Waals surface area contributed by atoms with Crippen LogP contribution in [0.1, 0.15) is 16.1 Å². The van der Waals surface area contributed by atoms with Crippen LogP contribution in [0, 0.1) is 0 Å². The average Bonchev–Trinajstić information content (AvgIpc) is 2.89. The smallest absolute Gasteiger partial charge is 0.265 e. The van der Waals surface area contributed by atoms with E-state index >= 15 is 0 Å². The first-order chi connectivity index (χ1) is 11.7. The third-order valence-electron chi connectivity index (χ3n) is 3.74. The zero-order valence-corrected chi connectivity index (χ0v) is 14.2. The molecule has 0 saturated heterocycles. The van der Waals surface area contributed by atoms with Gasteiger partial charge in [-0.05, 0) is 30.3 Å². The fraction of sp³-hybridized carbons (Fsp3) is 0.167. The highest BCUT2D eigenvalue weighted by Gasteiger charge is 2.15. The highest BCUT2D eigenvalue weighted by atomic mass is 35.5. The van der Waals surface area contributed by atoms with Crippen LogP contribution in [-0.4, -0.2) is 19.1 Å². The molecule has 1 aliphatic rings. The lowest BCUT2D eigenvalue weighted by molar-refractivity contribution is 0.103. The Kier molecular flexibility index (Phi) is 4.04. The minimum absolute atomic E-state index is 0.165. The Morgan fingerprint density at radius 2 is 1.92 bits per heavy atom. The topological polar surface area (TPSA) is 47.6 Å². The van der Waals surface area contributed by atoms with Gasteiger partial charge >= 0.3 is 0 Å². The number of carbonyl (C=O) groups excluding carboxylic acids is 1. The molecule has 0 radical (unpaired) electrons. The van der Waals surface area contributed by atoms with E-state index < -0.39 is 0 Å². The second-order valence-corrected chi connectivity index (χ2v) is 6.92. The number of rotatable bonds is 2. The Bertz CT molecular complexity index is 922. The van der Waals surface area contributed by atoms with Crippen molar-refractivity contribution in [2.24, 2.45) is 0 Å². The summed E-state index contributed by atoms with van der Waals surface area (Å²) >= 11 is 7.59. The summed E-state index contributed by atoms with van der Waals surface area (Å²) < 4.78 is 12.2. The fourth-order valence-corrected chi connectivity index (χ4v) is 3.84. The first-order valence-electron chi connectivity index (χ1n) is 7.60. The minimum Gasteiger partial charge on any atom is -0.490 e. The van der Waals surface area contributed by atoms with Crippen LogP contribution < -0.4 is 14.8 Å². The fourth-order valence-electron chi connectivity index (χ4n) is 2.57. The zero-order chi connectivity index (χ0) is 16.5. The molecular formula is C18H14ClNO3S. The van der Waals surface area contributed by atoms with Gasteiger partial charge in [-0.15, -0.1) is 11.3 Å². The van der Waals surface area contributed by atoms with Crippen molar-refractivity contribution in [2.45, 2.75) is 6.42 Å². The number of carbonyl (C=O) groups is 1. The second-order valence-electron chi connectivity index (χ2n) is 5.43. The van der Waals surface area contributed by atoms with Gasteiger partial charge < -0.3 is 14.8 Å². The quantitative estimate of drug-likeness (QED) is 0.702. The van der Waals surface area contributed by atoms with Gasteiger partial charge in [0.05, 0.1) is 18.1 Å². The van der Waals surface area contributed by atoms with Crippen LogP contribution in [0.25, 0.3) is 10.1 Å². The van der Waals surface area contributed by atoms with E-state index in [1.165, 1.54) is 11.3 Å². The first kappa shape index (κ1) is 15.3. The van der Waals surface area contributed by atoms with Crippen LogP contribution in [-0.2, 0) is 0 Å². The maximum atomic E-state index is 12.5. The number of fused-ring (bicyclic) bond motifs is 2. The summed E-state index contributed by atoms with van der Waals surface area (Å²) in [7, 11) is 0. The van der Waals surface area contributed by atoms with Gasteiger partial charge in [-0.2, -0.15) is 0 Å². The number of benzene rings is 2. The molecule has 0 atom stereocenters. The molecule has 6 heteroatoms. The summed E-state index contributed by atoms with van der Waals surface area (Å²) in [6.45, 7) is 1.25. The Morgan fingerprint density at radius 1 is 1.08 bits per heavy atom. The maximum absolute atomic E-state index is 12.5. The van der Waals surface area contributed by atoms with Crippen molar-refractivity contribution in [3.05, 3.63) is 52.4 Å². The van der Waals surface area contributed by atoms with Crippen LogP contribution in [0.15, 0.2) is 42.5 Å². The Hall–Kier alpha value is -2.24. The van der Waals surface area contributed by atoms with Gasteiger partial charge in [0.15, 0.2) is 11.5 Å². The van der Waals surface area contributed by atoms with Crippen molar-refractivity contribution in [3.63, 3.8) is 0 Å². The van der Waals surface area contributed by atoms with Gasteiger partial charge in [0.1, 0.15) is 0 Å². The molecule has 1 aliphatic heterocycles. The van der Waals surface area contributed by atoms with Gasteiger partial charge in [0, 0.05) is 33.3 Å². The van der Waals surface area contributed by atoms with E-state index in [1.54, 1.807) is 6.07 Å². The van der Waals surface area contributed by atoms with E-state index in [0.717, 1.165) is 16.5 Å². The van der Waals surface area contributed by atoms with Crippen molar-refractivity contribution in [3.8, 4) is 11.5 Å². The summed E-state index contributed by atoms with van der Waals surface area (Å²) in [5.74, 6) is 1.20. The van der Waals surface area contributed by atoms with Crippen LogP contribution in [0.4, 0.5) is 5.69 Å². The molecule has 1 aromatic heterocycles. The van der Waals surface area contributed by atoms with Gasteiger partial charge in [-0.1, -0.05) is 17.7 Å². The molecule has 24 heavy (non-hydrogen) atoms. The van der Waals surface area contributed by atoms with Gasteiger partial charge in [0.25, 0.3) is 5.91 Å². The minimum atomic E-state index is -0.165. The van der Waals surface area contributed by atoms with Crippen LogP contribution in [0.3, 0.4) is 0 Å². The largest absolute Gasteiger partial charge is 0.490 e. The van der Waals surface area contributed by atoms with Gasteiger partial charge in [0.2, 0.25) is 0 Å². The number of nitrogens with one attached hydrogen (secondary N) is 1. The molecule has 0 saturated carbocycles. The second kappa shape index (κ2) is 6.34. The van der Waals surface area contributed by atoms with Crippen molar-refractivity contribution < 1.29 is 14.3 Å². The molecule has 2 heterocycles. The lowest BCUT2D eigenvalue weighted by atomic mass is 10.2. The number of halogens is 1. The molecule has 1 N–H and O–H groups in total. The molecule has 0 aliphatic carbocycles. The Morgan fingerprint density at radius 3 is 2.75 bits per heavy atom. The van der Waals surface area contributed by atoms with Crippen molar-refractivity contribution >= 4 is 44.6 Å². The third kappa shape index (κ3) is 2.92. The van der Waals surface area contributed by atoms with Gasteiger partial charge in [-0.3, -0.25) is 4.79 Å². The van der Waals surface area contributed by atoms with E-state index in [-0.39, 0.29) is 5.91 Å². The molecule has 122 valence electrons. The molecular weight excluding hydrogens is 346 g/mol. The number of thiophene rings is 1. The van der Waals surface area contributed by atoms with E-state index in [9.17, 15) is 4.79 Å². The van der Waals surface area contributed by atoms with Crippen molar-refractivity contribution in [1.82, 2.24) is 0 Å².